The summed E-state index contributed by atoms with van der Waals surface area (Å²) in [7, 11) is 0. The summed E-state index contributed by atoms with van der Waals surface area (Å²) in [6.07, 6.45) is 11.6. The number of imidazole rings is 1. The van der Waals surface area contributed by atoms with Crippen molar-refractivity contribution in [1.82, 2.24) is 53.3 Å². The number of amides is 1. The number of benzene rings is 2. The zero-order chi connectivity index (χ0) is 43.8. The number of aryl methyl sites for hydroxylation is 2. The third-order valence-electron chi connectivity index (χ3n) is 13.8. The van der Waals surface area contributed by atoms with Crippen molar-refractivity contribution in [3.63, 3.8) is 0 Å². The molecule has 8 aromatic rings. The first-order valence-electron chi connectivity index (χ1n) is 21.8. The highest BCUT2D eigenvalue weighted by Gasteiger charge is 2.53. The Kier molecular flexibility index (Phi) is 8.48. The van der Waals surface area contributed by atoms with Gasteiger partial charge in [0.2, 0.25) is 0 Å². The molecule has 2 aliphatic heterocycles. The fraction of sp³-hybridized carbons (Fsp3) is 0.370. The number of aromatic amines is 1. The minimum Gasteiger partial charge on any atom is -0.381 e. The second-order valence-corrected chi connectivity index (χ2v) is 17.8. The maximum Gasteiger partial charge on any atom is 0.438 e. The van der Waals surface area contributed by atoms with Crippen LogP contribution in [0, 0.1) is 25.5 Å². The number of H-pyrrole nitrogens is 1. The van der Waals surface area contributed by atoms with E-state index in [-0.39, 0.29) is 29.4 Å². The molecule has 4 aliphatic rings. The van der Waals surface area contributed by atoms with Gasteiger partial charge in [0.25, 0.3) is 5.91 Å². The lowest BCUT2D eigenvalue weighted by Gasteiger charge is -2.34. The Bertz CT molecular complexity index is 3330. The van der Waals surface area contributed by atoms with E-state index in [0.29, 0.717) is 95.3 Å². The molecule has 1 saturated heterocycles. The number of carbonyl (C=O) groups excluding carboxylic acids is 1. The molecule has 1 N–H and O–H groups in total. The average Bonchev–Trinajstić information content (AvgIpc) is 4.00. The number of carbonyl (C=O) groups is 1. The van der Waals surface area contributed by atoms with Gasteiger partial charge in [-0.25, -0.2) is 23.1 Å². The molecule has 0 spiro atoms. The Morgan fingerprint density at radius 1 is 0.922 bits per heavy atom. The van der Waals surface area contributed by atoms with Crippen LogP contribution in [0.4, 0.5) is 8.78 Å². The largest absolute Gasteiger partial charge is 0.438 e. The van der Waals surface area contributed by atoms with Gasteiger partial charge < -0.3 is 14.2 Å². The van der Waals surface area contributed by atoms with Crippen molar-refractivity contribution in [1.29, 1.82) is 0 Å². The third-order valence-corrected chi connectivity index (χ3v) is 13.8. The van der Waals surface area contributed by atoms with Crippen LogP contribution in [0.3, 0.4) is 0 Å². The number of nitrogens with one attached hydrogen (secondary N) is 1. The number of rotatable bonds is 8. The summed E-state index contributed by atoms with van der Waals surface area (Å²) in [6, 6.07) is 10.3. The number of aromatic nitrogens is 10. The quantitative estimate of drug-likeness (QED) is 0.177. The van der Waals surface area contributed by atoms with Crippen molar-refractivity contribution in [3.05, 3.63) is 133 Å². The summed E-state index contributed by atoms with van der Waals surface area (Å²) in [5.74, 6) is -0.980. The Hall–Kier alpha value is -6.95. The summed E-state index contributed by atoms with van der Waals surface area (Å²) >= 11 is 0. The monoisotopic (exact) mass is 867 g/mol. The van der Waals surface area contributed by atoms with Crippen LogP contribution in [0.2, 0.25) is 0 Å². The average molecular weight is 868 g/mol. The lowest BCUT2D eigenvalue weighted by Crippen LogP contribution is -2.41. The van der Waals surface area contributed by atoms with Crippen LogP contribution in [0.25, 0.3) is 39.0 Å². The molecule has 12 rings (SSSR count). The Balaban J connectivity index is 0.992. The van der Waals surface area contributed by atoms with Crippen LogP contribution < -0.4 is 11.4 Å². The van der Waals surface area contributed by atoms with Gasteiger partial charge >= 0.3 is 11.4 Å². The van der Waals surface area contributed by atoms with Crippen LogP contribution in [0.5, 0.6) is 0 Å². The van der Waals surface area contributed by atoms with Crippen LogP contribution in [-0.4, -0.2) is 79.0 Å². The highest BCUT2D eigenvalue weighted by molar-refractivity contribution is 5.99. The van der Waals surface area contributed by atoms with Gasteiger partial charge in [0.05, 0.1) is 58.0 Å². The summed E-state index contributed by atoms with van der Waals surface area (Å²) in [5, 5.41) is 14.8. The topological polar surface area (TPSA) is 169 Å². The first kappa shape index (κ1) is 38.7. The molecule has 18 heteroatoms. The highest BCUT2D eigenvalue weighted by atomic mass is 19.1. The Morgan fingerprint density at radius 3 is 2.41 bits per heavy atom. The number of nitrogens with zero attached hydrogens (tertiary/aromatic N) is 10. The molecule has 16 nitrogen and oxygen atoms in total. The van der Waals surface area contributed by atoms with Crippen molar-refractivity contribution in [3.8, 4) is 17.2 Å². The Labute approximate surface area is 362 Å². The molecule has 0 radical (unpaired) electrons. The van der Waals surface area contributed by atoms with Gasteiger partial charge in [-0.2, -0.15) is 10.2 Å². The molecule has 0 unspecified atom stereocenters. The zero-order valence-electron chi connectivity index (χ0n) is 35.3. The van der Waals surface area contributed by atoms with E-state index in [1.165, 1.54) is 21.5 Å². The minimum atomic E-state index is -0.843. The highest BCUT2D eigenvalue weighted by Crippen LogP contribution is 2.51. The van der Waals surface area contributed by atoms with Gasteiger partial charge in [0.15, 0.2) is 11.6 Å². The number of ether oxygens (including phenoxy) is 1. The van der Waals surface area contributed by atoms with Gasteiger partial charge in [-0.15, -0.1) is 0 Å². The minimum absolute atomic E-state index is 0.0645. The van der Waals surface area contributed by atoms with Gasteiger partial charge in [-0.3, -0.25) is 33.1 Å². The number of halogens is 2. The maximum absolute atomic E-state index is 16.4. The van der Waals surface area contributed by atoms with E-state index >= 15 is 13.6 Å². The molecule has 1 atom stereocenters. The van der Waals surface area contributed by atoms with E-state index in [4.69, 9.17) is 19.3 Å². The lowest BCUT2D eigenvalue weighted by atomic mass is 9.95. The van der Waals surface area contributed by atoms with Gasteiger partial charge in [-0.05, 0) is 107 Å². The second kappa shape index (κ2) is 14.0. The van der Waals surface area contributed by atoms with Crippen molar-refractivity contribution < 1.29 is 22.8 Å². The SMILES string of the molecule is Cc1cc(-n2nc3c(c2-n2ccn(-c4ccc5c(cnn5C5CC5)c4F)c2=O)[C@H](C)N(C(=O)c2cc4cc(C5CCOCC5)ncc4n2C2(c4noc(=O)[nH]4)CC2)CC3)cc(C)c1F. The second-order valence-electron chi connectivity index (χ2n) is 17.8. The van der Waals surface area contributed by atoms with Gasteiger partial charge in [0.1, 0.15) is 22.9 Å². The zero-order valence-corrected chi connectivity index (χ0v) is 35.3. The van der Waals surface area contributed by atoms with Crippen molar-refractivity contribution in [2.75, 3.05) is 19.8 Å². The molecule has 64 heavy (non-hydrogen) atoms. The number of hydrogen-bond donors (Lipinski definition) is 1. The molecule has 2 saturated carbocycles. The van der Waals surface area contributed by atoms with E-state index in [0.717, 1.165) is 42.3 Å². The van der Waals surface area contributed by atoms with Crippen LogP contribution in [0.15, 0.2) is 75.3 Å². The summed E-state index contributed by atoms with van der Waals surface area (Å²) < 4.78 is 50.1. The molecule has 0 bridgehead atoms. The molecule has 6 aromatic heterocycles. The summed E-state index contributed by atoms with van der Waals surface area (Å²) in [4.78, 5) is 51.8. The molecular formula is C46H43F2N11O5. The molecular weight excluding hydrogens is 825 g/mol. The van der Waals surface area contributed by atoms with E-state index < -0.39 is 28.8 Å². The predicted molar refractivity (Wildman–Crippen MR) is 229 cm³/mol. The van der Waals surface area contributed by atoms with E-state index in [1.807, 2.05) is 28.3 Å². The van der Waals surface area contributed by atoms with Crippen molar-refractivity contribution in [2.45, 2.75) is 89.3 Å². The van der Waals surface area contributed by atoms with Crippen molar-refractivity contribution >= 4 is 27.7 Å². The summed E-state index contributed by atoms with van der Waals surface area (Å²) in [6.45, 7) is 6.85. The summed E-state index contributed by atoms with van der Waals surface area (Å²) in [5.41, 5.74) is 3.97. The van der Waals surface area contributed by atoms with E-state index in [2.05, 4.69) is 15.2 Å². The van der Waals surface area contributed by atoms with Crippen LogP contribution >= 0.6 is 0 Å². The van der Waals surface area contributed by atoms with Gasteiger partial charge in [-0.1, -0.05) is 5.16 Å². The lowest BCUT2D eigenvalue weighted by molar-refractivity contribution is 0.0664. The van der Waals surface area contributed by atoms with Crippen LogP contribution in [-0.2, 0) is 16.7 Å². The first-order valence-corrected chi connectivity index (χ1v) is 21.8. The third kappa shape index (κ3) is 5.76. The smallest absolute Gasteiger partial charge is 0.381 e. The molecule has 2 aromatic carbocycles. The first-order chi connectivity index (χ1) is 31.0. The standard InChI is InChI=1S/C46H43F2N11O5/c1-24-18-30(19-25(2)39(24)47)59-41(56-15-14-55(45(56)62)35-7-6-34-31(40(35)48)22-50-58(34)29-4-5-29)38-26(3)54(13-8-32(38)52-59)42(60)36-21-28-20-33(27-9-16-63-17-10-27)49-23-37(28)57(36)46(11-12-46)43-51-44(61)64-53-43/h6-7,14-15,18-23,26-27,29H,4-5,8-13,16-17H2,1-3H3,(H,51,53,61)/t26-/m0/s1. The fourth-order valence-corrected chi connectivity index (χ4v) is 10.2. The number of fused-ring (bicyclic) bond motifs is 3. The van der Waals surface area contributed by atoms with Crippen molar-refractivity contribution in [2.24, 2.45) is 0 Å². The fourth-order valence-electron chi connectivity index (χ4n) is 10.2. The molecule has 3 fully saturated rings. The van der Waals surface area contributed by atoms with E-state index in [9.17, 15) is 9.59 Å². The molecule has 1 amide bonds. The Morgan fingerprint density at radius 2 is 1.69 bits per heavy atom. The molecule has 2 aliphatic carbocycles. The van der Waals surface area contributed by atoms with E-state index in [1.54, 1.807) is 60.1 Å². The van der Waals surface area contributed by atoms with Crippen LogP contribution in [0.1, 0.15) is 108 Å². The normalized spacial score (nSPS) is 18.6. The maximum atomic E-state index is 16.4. The number of pyridine rings is 1. The number of hydrogen-bond acceptors (Lipinski definition) is 9. The van der Waals surface area contributed by atoms with Gasteiger partial charge in [0, 0.05) is 61.1 Å². The predicted octanol–water partition coefficient (Wildman–Crippen LogP) is 6.61. The molecule has 8 heterocycles. The molecule has 326 valence electrons.